The maximum atomic E-state index is 3.57. The molecule has 0 aromatic carbocycles. The van der Waals surface area contributed by atoms with Gasteiger partial charge in [-0.3, -0.25) is 0 Å². The first-order valence-electron chi connectivity index (χ1n) is 7.63. The predicted octanol–water partition coefficient (Wildman–Crippen LogP) is 3.67. The van der Waals surface area contributed by atoms with E-state index >= 15 is 0 Å². The first kappa shape index (κ1) is 16.9. The highest BCUT2D eigenvalue weighted by Crippen LogP contribution is 2.07. The van der Waals surface area contributed by atoms with Crippen LogP contribution in [0.3, 0.4) is 0 Å². The molecular formula is C15H34N2. The van der Waals surface area contributed by atoms with Crippen LogP contribution in [0.4, 0.5) is 0 Å². The molecule has 0 aliphatic carbocycles. The van der Waals surface area contributed by atoms with Crippen molar-refractivity contribution in [1.82, 2.24) is 10.2 Å². The molecule has 2 atom stereocenters. The van der Waals surface area contributed by atoms with E-state index < -0.39 is 0 Å². The molecule has 0 rings (SSSR count). The summed E-state index contributed by atoms with van der Waals surface area (Å²) in [5.41, 5.74) is 0. The van der Waals surface area contributed by atoms with Crippen molar-refractivity contribution >= 4 is 0 Å². The van der Waals surface area contributed by atoms with Crippen LogP contribution < -0.4 is 5.32 Å². The summed E-state index contributed by atoms with van der Waals surface area (Å²) in [5.74, 6) is 0. The van der Waals surface area contributed by atoms with Crippen LogP contribution in [0.5, 0.6) is 0 Å². The molecule has 17 heavy (non-hydrogen) atoms. The molecule has 2 unspecified atom stereocenters. The van der Waals surface area contributed by atoms with E-state index in [0.717, 1.165) is 12.6 Å². The summed E-state index contributed by atoms with van der Waals surface area (Å²) in [6.45, 7) is 15.1. The van der Waals surface area contributed by atoms with Crippen molar-refractivity contribution in [2.45, 2.75) is 78.8 Å². The van der Waals surface area contributed by atoms with Gasteiger partial charge in [0.1, 0.15) is 0 Å². The Hall–Kier alpha value is -0.0800. The Morgan fingerprint density at radius 2 is 1.71 bits per heavy atom. The topological polar surface area (TPSA) is 15.3 Å². The molecule has 0 aliphatic rings. The molecule has 0 aromatic rings. The summed E-state index contributed by atoms with van der Waals surface area (Å²) in [6.07, 6.45) is 6.40. The minimum atomic E-state index is 0.656. The van der Waals surface area contributed by atoms with Crippen molar-refractivity contribution in [3.8, 4) is 0 Å². The SMILES string of the molecule is CCCCN(CCC(C)NCCC)C(C)CC. The molecule has 0 aliphatic heterocycles. The lowest BCUT2D eigenvalue weighted by Gasteiger charge is -2.29. The molecular weight excluding hydrogens is 208 g/mol. The highest BCUT2D eigenvalue weighted by Gasteiger charge is 2.12. The van der Waals surface area contributed by atoms with Gasteiger partial charge in [0.05, 0.1) is 0 Å². The summed E-state index contributed by atoms with van der Waals surface area (Å²) >= 11 is 0. The van der Waals surface area contributed by atoms with Gasteiger partial charge in [-0.05, 0) is 59.2 Å². The molecule has 1 N–H and O–H groups in total. The minimum Gasteiger partial charge on any atom is -0.314 e. The van der Waals surface area contributed by atoms with Crippen molar-refractivity contribution < 1.29 is 0 Å². The van der Waals surface area contributed by atoms with Gasteiger partial charge in [0, 0.05) is 12.1 Å². The monoisotopic (exact) mass is 242 g/mol. The second kappa shape index (κ2) is 11.0. The molecule has 0 heterocycles. The second-order valence-corrected chi connectivity index (χ2v) is 5.29. The zero-order chi connectivity index (χ0) is 13.1. The van der Waals surface area contributed by atoms with Gasteiger partial charge < -0.3 is 10.2 Å². The van der Waals surface area contributed by atoms with Gasteiger partial charge >= 0.3 is 0 Å². The number of hydrogen-bond acceptors (Lipinski definition) is 2. The average Bonchev–Trinajstić information content (AvgIpc) is 2.35. The maximum absolute atomic E-state index is 3.57. The summed E-state index contributed by atoms with van der Waals surface area (Å²) in [4.78, 5) is 2.66. The first-order chi connectivity index (χ1) is 8.15. The molecule has 2 heteroatoms. The summed E-state index contributed by atoms with van der Waals surface area (Å²) in [5, 5.41) is 3.57. The number of rotatable bonds is 11. The van der Waals surface area contributed by atoms with E-state index in [4.69, 9.17) is 0 Å². The first-order valence-corrected chi connectivity index (χ1v) is 7.63. The molecule has 0 bridgehead atoms. The van der Waals surface area contributed by atoms with Crippen molar-refractivity contribution in [1.29, 1.82) is 0 Å². The smallest absolute Gasteiger partial charge is 0.00643 e. The highest BCUT2D eigenvalue weighted by atomic mass is 15.1. The lowest BCUT2D eigenvalue weighted by atomic mass is 10.1. The zero-order valence-corrected chi connectivity index (χ0v) is 12.8. The Balaban J connectivity index is 3.88. The second-order valence-electron chi connectivity index (χ2n) is 5.29. The predicted molar refractivity (Wildman–Crippen MR) is 78.6 cm³/mol. The molecule has 0 saturated carbocycles. The van der Waals surface area contributed by atoms with Gasteiger partial charge in [0.2, 0.25) is 0 Å². The molecule has 0 amide bonds. The molecule has 0 saturated heterocycles. The zero-order valence-electron chi connectivity index (χ0n) is 12.8. The largest absolute Gasteiger partial charge is 0.314 e. The summed E-state index contributed by atoms with van der Waals surface area (Å²) < 4.78 is 0. The number of unbranched alkanes of at least 4 members (excludes halogenated alkanes) is 1. The lowest BCUT2D eigenvalue weighted by molar-refractivity contribution is 0.192. The van der Waals surface area contributed by atoms with Crippen LogP contribution in [0.25, 0.3) is 0 Å². The Morgan fingerprint density at radius 1 is 1.00 bits per heavy atom. The molecule has 0 spiro atoms. The fourth-order valence-electron chi connectivity index (χ4n) is 2.02. The highest BCUT2D eigenvalue weighted by molar-refractivity contribution is 4.69. The van der Waals surface area contributed by atoms with Crippen molar-refractivity contribution in [2.24, 2.45) is 0 Å². The van der Waals surface area contributed by atoms with Crippen molar-refractivity contribution in [2.75, 3.05) is 19.6 Å². The third kappa shape index (κ3) is 8.62. The number of nitrogens with zero attached hydrogens (tertiary/aromatic N) is 1. The molecule has 0 fully saturated rings. The van der Waals surface area contributed by atoms with Crippen LogP contribution in [0.15, 0.2) is 0 Å². The molecule has 2 nitrogen and oxygen atoms in total. The van der Waals surface area contributed by atoms with E-state index in [-0.39, 0.29) is 0 Å². The van der Waals surface area contributed by atoms with E-state index in [1.165, 1.54) is 45.2 Å². The van der Waals surface area contributed by atoms with E-state index in [0.29, 0.717) is 6.04 Å². The summed E-state index contributed by atoms with van der Waals surface area (Å²) in [7, 11) is 0. The normalized spacial score (nSPS) is 15.2. The van der Waals surface area contributed by atoms with E-state index in [9.17, 15) is 0 Å². The maximum Gasteiger partial charge on any atom is 0.00643 e. The lowest BCUT2D eigenvalue weighted by Crippen LogP contribution is -2.38. The summed E-state index contributed by atoms with van der Waals surface area (Å²) in [6, 6.07) is 1.39. The van der Waals surface area contributed by atoms with E-state index in [1.807, 2.05) is 0 Å². The fraction of sp³-hybridized carbons (Fsp3) is 1.00. The van der Waals surface area contributed by atoms with Gasteiger partial charge in [0.25, 0.3) is 0 Å². The molecule has 0 radical (unpaired) electrons. The van der Waals surface area contributed by atoms with E-state index in [2.05, 4.69) is 44.8 Å². The van der Waals surface area contributed by atoms with Gasteiger partial charge in [-0.25, -0.2) is 0 Å². The number of nitrogens with one attached hydrogen (secondary N) is 1. The van der Waals surface area contributed by atoms with Crippen molar-refractivity contribution in [3.63, 3.8) is 0 Å². The van der Waals surface area contributed by atoms with Crippen LogP contribution in [-0.4, -0.2) is 36.6 Å². The van der Waals surface area contributed by atoms with Crippen LogP contribution in [0, 0.1) is 0 Å². The number of hydrogen-bond donors (Lipinski definition) is 1. The third-order valence-corrected chi connectivity index (χ3v) is 3.61. The average molecular weight is 242 g/mol. The third-order valence-electron chi connectivity index (χ3n) is 3.61. The Morgan fingerprint density at radius 3 is 2.24 bits per heavy atom. The Kier molecular flexibility index (Phi) is 11.0. The molecule has 104 valence electrons. The van der Waals surface area contributed by atoms with Crippen LogP contribution in [0.2, 0.25) is 0 Å². The van der Waals surface area contributed by atoms with Gasteiger partial charge in [-0.15, -0.1) is 0 Å². The fourth-order valence-corrected chi connectivity index (χ4v) is 2.02. The van der Waals surface area contributed by atoms with Gasteiger partial charge in [-0.2, -0.15) is 0 Å². The molecule has 0 aromatic heterocycles. The minimum absolute atomic E-state index is 0.656. The van der Waals surface area contributed by atoms with Crippen LogP contribution >= 0.6 is 0 Å². The van der Waals surface area contributed by atoms with Gasteiger partial charge in [-0.1, -0.05) is 27.2 Å². The van der Waals surface area contributed by atoms with Crippen molar-refractivity contribution in [3.05, 3.63) is 0 Å². The van der Waals surface area contributed by atoms with E-state index in [1.54, 1.807) is 0 Å². The van der Waals surface area contributed by atoms with Crippen LogP contribution in [0.1, 0.15) is 66.7 Å². The van der Waals surface area contributed by atoms with Crippen LogP contribution in [-0.2, 0) is 0 Å². The standard InChI is InChI=1S/C15H34N2/c1-6-9-12-17(15(5)8-3)13-10-14(4)16-11-7-2/h14-16H,6-13H2,1-5H3. The quantitative estimate of drug-likeness (QED) is 0.595. The Bertz CT molecular complexity index is 159. The van der Waals surface area contributed by atoms with Gasteiger partial charge in [0.15, 0.2) is 0 Å². The Labute approximate surface area is 109 Å².